The highest BCUT2D eigenvalue weighted by Gasteiger charge is 2.13. The summed E-state index contributed by atoms with van der Waals surface area (Å²) in [7, 11) is 0. The maximum absolute atomic E-state index is 13.0. The van der Waals surface area contributed by atoms with Crippen molar-refractivity contribution >= 4 is 17.4 Å². The zero-order chi connectivity index (χ0) is 16.8. The molecule has 0 atom stereocenters. The average molecular weight is 315 g/mol. The van der Waals surface area contributed by atoms with Gasteiger partial charge in [0.1, 0.15) is 11.6 Å². The van der Waals surface area contributed by atoms with E-state index in [1.807, 2.05) is 12.1 Å². The van der Waals surface area contributed by atoms with Crippen molar-refractivity contribution in [2.45, 2.75) is 27.3 Å². The first-order valence-corrected chi connectivity index (χ1v) is 7.78. The van der Waals surface area contributed by atoms with Crippen molar-refractivity contribution in [2.24, 2.45) is 0 Å². The van der Waals surface area contributed by atoms with Crippen molar-refractivity contribution < 1.29 is 9.18 Å². The molecule has 1 heterocycles. The SMILES string of the molecule is CCN(CC)c1ccc(CN(C(C)=O)c2ccc(F)cc2)cn1. The first kappa shape index (κ1) is 16.9. The molecule has 0 unspecified atom stereocenters. The van der Waals surface area contributed by atoms with E-state index in [2.05, 4.69) is 23.7 Å². The molecule has 0 saturated heterocycles. The van der Waals surface area contributed by atoms with Crippen LogP contribution in [0.4, 0.5) is 15.9 Å². The quantitative estimate of drug-likeness (QED) is 0.817. The van der Waals surface area contributed by atoms with Crippen molar-refractivity contribution in [1.29, 1.82) is 0 Å². The number of hydrogen-bond acceptors (Lipinski definition) is 3. The van der Waals surface area contributed by atoms with Gasteiger partial charge in [0.25, 0.3) is 0 Å². The van der Waals surface area contributed by atoms with E-state index in [1.165, 1.54) is 19.1 Å². The van der Waals surface area contributed by atoms with Gasteiger partial charge in [-0.1, -0.05) is 6.07 Å². The predicted octanol–water partition coefficient (Wildman–Crippen LogP) is 3.62. The van der Waals surface area contributed by atoms with E-state index in [1.54, 1.807) is 23.2 Å². The molecule has 0 radical (unpaired) electrons. The van der Waals surface area contributed by atoms with Crippen LogP contribution in [0.15, 0.2) is 42.6 Å². The average Bonchev–Trinajstić information content (AvgIpc) is 2.56. The highest BCUT2D eigenvalue weighted by Crippen LogP contribution is 2.19. The Labute approximate surface area is 136 Å². The lowest BCUT2D eigenvalue weighted by Gasteiger charge is -2.22. The summed E-state index contributed by atoms with van der Waals surface area (Å²) >= 11 is 0. The molecule has 1 aromatic carbocycles. The molecule has 5 heteroatoms. The van der Waals surface area contributed by atoms with E-state index >= 15 is 0 Å². The smallest absolute Gasteiger partial charge is 0.224 e. The van der Waals surface area contributed by atoms with Crippen LogP contribution in [0.5, 0.6) is 0 Å². The number of amides is 1. The van der Waals surface area contributed by atoms with E-state index in [9.17, 15) is 9.18 Å². The van der Waals surface area contributed by atoms with Crippen LogP contribution in [0.3, 0.4) is 0 Å². The summed E-state index contributed by atoms with van der Waals surface area (Å²) in [5, 5.41) is 0. The zero-order valence-electron chi connectivity index (χ0n) is 13.8. The molecule has 0 aliphatic carbocycles. The monoisotopic (exact) mass is 315 g/mol. The lowest BCUT2D eigenvalue weighted by Crippen LogP contribution is -2.28. The standard InChI is InChI=1S/C18H22FN3O/c1-4-21(5-2)18-11-6-15(12-20-18)13-22(14(3)23)17-9-7-16(19)8-10-17/h6-12H,4-5,13H2,1-3H3. The summed E-state index contributed by atoms with van der Waals surface area (Å²) in [6.07, 6.45) is 1.78. The number of hydrogen-bond donors (Lipinski definition) is 0. The molecule has 0 aliphatic rings. The second kappa shape index (κ2) is 7.72. The van der Waals surface area contributed by atoms with Crippen molar-refractivity contribution in [2.75, 3.05) is 22.9 Å². The Morgan fingerprint density at radius 1 is 1.09 bits per heavy atom. The highest BCUT2D eigenvalue weighted by molar-refractivity contribution is 5.91. The maximum atomic E-state index is 13.0. The molecular formula is C18H22FN3O. The van der Waals surface area contributed by atoms with Gasteiger partial charge < -0.3 is 9.80 Å². The number of nitrogens with zero attached hydrogens (tertiary/aromatic N) is 3. The molecule has 0 aliphatic heterocycles. The molecular weight excluding hydrogens is 293 g/mol. The van der Waals surface area contributed by atoms with Gasteiger partial charge in [-0.15, -0.1) is 0 Å². The molecule has 1 aromatic heterocycles. The van der Waals surface area contributed by atoms with Gasteiger partial charge in [-0.05, 0) is 49.7 Å². The third-order valence-corrected chi connectivity index (χ3v) is 3.76. The fourth-order valence-corrected chi connectivity index (χ4v) is 2.43. The minimum atomic E-state index is -0.317. The Kier molecular flexibility index (Phi) is 5.68. The van der Waals surface area contributed by atoms with Crippen LogP contribution in [0.2, 0.25) is 0 Å². The molecule has 1 amide bonds. The number of rotatable bonds is 6. The van der Waals surface area contributed by atoms with Crippen LogP contribution in [0.25, 0.3) is 0 Å². The number of pyridine rings is 1. The number of halogens is 1. The molecule has 0 saturated carbocycles. The Morgan fingerprint density at radius 3 is 2.22 bits per heavy atom. The van der Waals surface area contributed by atoms with Crippen LogP contribution in [0.1, 0.15) is 26.3 Å². The number of carbonyl (C=O) groups excluding carboxylic acids is 1. The molecule has 2 aromatic rings. The van der Waals surface area contributed by atoms with Gasteiger partial charge in [0.05, 0.1) is 6.54 Å². The highest BCUT2D eigenvalue weighted by atomic mass is 19.1. The number of anilines is 2. The normalized spacial score (nSPS) is 10.4. The van der Waals surface area contributed by atoms with Crippen LogP contribution >= 0.6 is 0 Å². The summed E-state index contributed by atoms with van der Waals surface area (Å²) in [5.41, 5.74) is 1.60. The van der Waals surface area contributed by atoms with Crippen LogP contribution in [0, 0.1) is 5.82 Å². The van der Waals surface area contributed by atoms with Gasteiger partial charge in [0, 0.05) is 31.9 Å². The molecule has 0 spiro atoms. The Bertz CT molecular complexity index is 636. The van der Waals surface area contributed by atoms with Crippen molar-refractivity contribution in [3.8, 4) is 0 Å². The van der Waals surface area contributed by atoms with Gasteiger partial charge in [-0.25, -0.2) is 9.37 Å². The lowest BCUT2D eigenvalue weighted by molar-refractivity contribution is -0.116. The maximum Gasteiger partial charge on any atom is 0.224 e. The van der Waals surface area contributed by atoms with Crippen molar-refractivity contribution in [3.63, 3.8) is 0 Å². The Morgan fingerprint density at radius 2 is 1.74 bits per heavy atom. The molecule has 0 bridgehead atoms. The van der Waals surface area contributed by atoms with E-state index in [0.717, 1.165) is 24.5 Å². The van der Waals surface area contributed by atoms with Gasteiger partial charge in [0.2, 0.25) is 5.91 Å². The first-order chi connectivity index (χ1) is 11.0. The molecule has 4 nitrogen and oxygen atoms in total. The Balaban J connectivity index is 2.17. The topological polar surface area (TPSA) is 36.4 Å². The van der Waals surface area contributed by atoms with E-state index in [4.69, 9.17) is 0 Å². The van der Waals surface area contributed by atoms with Crippen LogP contribution in [-0.2, 0) is 11.3 Å². The molecule has 2 rings (SSSR count). The predicted molar refractivity (Wildman–Crippen MR) is 91.1 cm³/mol. The van der Waals surface area contributed by atoms with Crippen LogP contribution < -0.4 is 9.80 Å². The third-order valence-electron chi connectivity index (χ3n) is 3.76. The van der Waals surface area contributed by atoms with E-state index < -0.39 is 0 Å². The largest absolute Gasteiger partial charge is 0.357 e. The second-order valence-electron chi connectivity index (χ2n) is 5.28. The van der Waals surface area contributed by atoms with E-state index in [0.29, 0.717) is 12.2 Å². The second-order valence-corrected chi connectivity index (χ2v) is 5.28. The number of carbonyl (C=O) groups is 1. The number of benzene rings is 1. The number of aromatic nitrogens is 1. The fourth-order valence-electron chi connectivity index (χ4n) is 2.43. The Hall–Kier alpha value is -2.43. The first-order valence-electron chi connectivity index (χ1n) is 7.78. The molecule has 23 heavy (non-hydrogen) atoms. The summed E-state index contributed by atoms with van der Waals surface area (Å²) in [4.78, 5) is 20.1. The minimum Gasteiger partial charge on any atom is -0.357 e. The summed E-state index contributed by atoms with van der Waals surface area (Å²) in [6.45, 7) is 7.89. The fraction of sp³-hybridized carbons (Fsp3) is 0.333. The van der Waals surface area contributed by atoms with Gasteiger partial charge in [-0.2, -0.15) is 0 Å². The van der Waals surface area contributed by atoms with Crippen molar-refractivity contribution in [3.05, 3.63) is 54.0 Å². The molecule has 0 N–H and O–H groups in total. The third kappa shape index (κ3) is 4.28. The lowest BCUT2D eigenvalue weighted by atomic mass is 10.2. The van der Waals surface area contributed by atoms with Gasteiger partial charge in [-0.3, -0.25) is 4.79 Å². The minimum absolute atomic E-state index is 0.0931. The summed E-state index contributed by atoms with van der Waals surface area (Å²) in [6, 6.07) is 9.86. The van der Waals surface area contributed by atoms with E-state index in [-0.39, 0.29) is 11.7 Å². The molecule has 122 valence electrons. The zero-order valence-corrected chi connectivity index (χ0v) is 13.8. The molecule has 0 fully saturated rings. The van der Waals surface area contributed by atoms with Gasteiger partial charge in [0.15, 0.2) is 0 Å². The van der Waals surface area contributed by atoms with Crippen molar-refractivity contribution in [1.82, 2.24) is 4.98 Å². The summed E-state index contributed by atoms with van der Waals surface area (Å²) < 4.78 is 13.0. The summed E-state index contributed by atoms with van der Waals surface area (Å²) in [5.74, 6) is 0.516. The van der Waals surface area contributed by atoms with Crippen LogP contribution in [-0.4, -0.2) is 24.0 Å². The van der Waals surface area contributed by atoms with Gasteiger partial charge >= 0.3 is 0 Å².